The molecule has 1 aliphatic rings. The molecule has 4 N–H and O–H groups in total. The first-order chi connectivity index (χ1) is 9.15. The van der Waals surface area contributed by atoms with E-state index in [1.54, 1.807) is 4.90 Å². The van der Waals surface area contributed by atoms with Crippen LogP contribution < -0.4 is 11.1 Å². The maximum atomic E-state index is 11.9. The number of hydrogen-bond donors (Lipinski definition) is 3. The quantitative estimate of drug-likeness (QED) is 0.561. The Kier molecular flexibility index (Phi) is 4.35. The molecule has 0 atom stereocenters. The number of ether oxygens (including phenoxy) is 1. The predicted molar refractivity (Wildman–Crippen MR) is 73.5 cm³/mol. The van der Waals surface area contributed by atoms with E-state index in [1.807, 2.05) is 24.3 Å². The van der Waals surface area contributed by atoms with Gasteiger partial charge in [-0.1, -0.05) is 12.1 Å². The van der Waals surface area contributed by atoms with Crippen LogP contribution in [-0.2, 0) is 11.2 Å². The second-order valence-corrected chi connectivity index (χ2v) is 4.43. The molecule has 1 aromatic rings. The number of nitrogens with two attached hydrogens (primary N) is 1. The van der Waals surface area contributed by atoms with Crippen molar-refractivity contribution in [3.8, 4) is 0 Å². The van der Waals surface area contributed by atoms with Crippen molar-refractivity contribution in [2.45, 2.75) is 6.42 Å². The molecule has 0 radical (unpaired) electrons. The fraction of sp³-hybridized carbons (Fsp3) is 0.385. The highest BCUT2D eigenvalue weighted by molar-refractivity contribution is 5.89. The number of anilines is 1. The second-order valence-electron chi connectivity index (χ2n) is 4.43. The van der Waals surface area contributed by atoms with Crippen LogP contribution in [0.25, 0.3) is 0 Å². The van der Waals surface area contributed by atoms with Gasteiger partial charge in [-0.25, -0.2) is 4.79 Å². The number of nitrogens with one attached hydrogen (secondary N) is 2. The molecule has 1 heterocycles. The monoisotopic (exact) mass is 262 g/mol. The molecule has 0 bridgehead atoms. The molecule has 19 heavy (non-hydrogen) atoms. The molecule has 0 aromatic heterocycles. The largest absolute Gasteiger partial charge is 0.387 e. The van der Waals surface area contributed by atoms with Crippen molar-refractivity contribution in [3.63, 3.8) is 0 Å². The lowest BCUT2D eigenvalue weighted by molar-refractivity contribution is 0.0564. The van der Waals surface area contributed by atoms with Crippen LogP contribution in [0.3, 0.4) is 0 Å². The van der Waals surface area contributed by atoms with Gasteiger partial charge in [0.2, 0.25) is 0 Å². The van der Waals surface area contributed by atoms with Crippen LogP contribution in [0.2, 0.25) is 0 Å². The van der Waals surface area contributed by atoms with Crippen molar-refractivity contribution >= 4 is 17.6 Å². The van der Waals surface area contributed by atoms with Crippen molar-refractivity contribution in [3.05, 3.63) is 29.8 Å². The van der Waals surface area contributed by atoms with Crippen molar-refractivity contribution < 1.29 is 9.53 Å². The first-order valence-corrected chi connectivity index (χ1v) is 6.20. The van der Waals surface area contributed by atoms with Gasteiger partial charge in [-0.2, -0.15) is 0 Å². The lowest BCUT2D eigenvalue weighted by Crippen LogP contribution is -2.43. The summed E-state index contributed by atoms with van der Waals surface area (Å²) >= 11 is 0. The standard InChI is InChI=1S/C13H18N4O2/c14-12(15)9-10-1-3-11(4-2-10)16-13(18)17-5-7-19-8-6-17/h1-4H,5-9H2,(H3,14,15)(H,16,18). The van der Waals surface area contributed by atoms with E-state index < -0.39 is 0 Å². The number of hydrogen-bond acceptors (Lipinski definition) is 3. The van der Waals surface area contributed by atoms with Gasteiger partial charge in [0, 0.05) is 25.2 Å². The van der Waals surface area contributed by atoms with E-state index in [1.165, 1.54) is 0 Å². The van der Waals surface area contributed by atoms with Crippen molar-refractivity contribution in [1.82, 2.24) is 4.90 Å². The van der Waals surface area contributed by atoms with E-state index in [4.69, 9.17) is 15.9 Å². The summed E-state index contributed by atoms with van der Waals surface area (Å²) in [6, 6.07) is 7.24. The predicted octanol–water partition coefficient (Wildman–Crippen LogP) is 1.03. The number of morpholine rings is 1. The number of urea groups is 1. The SMILES string of the molecule is N=C(N)Cc1ccc(NC(=O)N2CCOCC2)cc1. The van der Waals surface area contributed by atoms with Crippen LogP contribution in [0.5, 0.6) is 0 Å². The normalized spacial score (nSPS) is 15.1. The van der Waals surface area contributed by atoms with E-state index in [-0.39, 0.29) is 11.9 Å². The number of nitrogens with zero attached hydrogens (tertiary/aromatic N) is 1. The third kappa shape index (κ3) is 3.96. The molecule has 6 heteroatoms. The van der Waals surface area contributed by atoms with Gasteiger partial charge < -0.3 is 20.7 Å². The van der Waals surface area contributed by atoms with Crippen LogP contribution in [0, 0.1) is 5.41 Å². The molecule has 1 saturated heterocycles. The van der Waals surface area contributed by atoms with Gasteiger partial charge in [-0.3, -0.25) is 5.41 Å². The Labute approximate surface area is 112 Å². The Hall–Kier alpha value is -2.08. The van der Waals surface area contributed by atoms with Crippen molar-refractivity contribution in [2.75, 3.05) is 31.6 Å². The number of amides is 2. The Morgan fingerprint density at radius 3 is 2.53 bits per heavy atom. The average Bonchev–Trinajstić information content (AvgIpc) is 2.41. The summed E-state index contributed by atoms with van der Waals surface area (Å²) in [5.74, 6) is 0.130. The Balaban J connectivity index is 1.91. The van der Waals surface area contributed by atoms with Crippen LogP contribution in [0.4, 0.5) is 10.5 Å². The zero-order chi connectivity index (χ0) is 13.7. The fourth-order valence-electron chi connectivity index (χ4n) is 1.89. The van der Waals surface area contributed by atoms with E-state index in [0.717, 1.165) is 11.3 Å². The summed E-state index contributed by atoms with van der Waals surface area (Å²) in [6.45, 7) is 2.42. The number of rotatable bonds is 3. The lowest BCUT2D eigenvalue weighted by atomic mass is 10.1. The first kappa shape index (κ1) is 13.4. The van der Waals surface area contributed by atoms with E-state index in [0.29, 0.717) is 32.7 Å². The fourth-order valence-corrected chi connectivity index (χ4v) is 1.89. The maximum absolute atomic E-state index is 11.9. The molecular weight excluding hydrogens is 244 g/mol. The molecular formula is C13H18N4O2. The van der Waals surface area contributed by atoms with Crippen LogP contribution in [-0.4, -0.2) is 43.1 Å². The minimum Gasteiger partial charge on any atom is -0.387 e. The number of carbonyl (C=O) groups is 1. The van der Waals surface area contributed by atoms with Gasteiger partial charge >= 0.3 is 6.03 Å². The van der Waals surface area contributed by atoms with E-state index in [2.05, 4.69) is 5.32 Å². The van der Waals surface area contributed by atoms with Crippen LogP contribution >= 0.6 is 0 Å². The van der Waals surface area contributed by atoms with E-state index in [9.17, 15) is 4.79 Å². The zero-order valence-corrected chi connectivity index (χ0v) is 10.7. The minimum absolute atomic E-state index is 0.109. The lowest BCUT2D eigenvalue weighted by Gasteiger charge is -2.26. The van der Waals surface area contributed by atoms with Gasteiger partial charge in [-0.05, 0) is 17.7 Å². The van der Waals surface area contributed by atoms with Gasteiger partial charge in [-0.15, -0.1) is 0 Å². The number of carbonyl (C=O) groups excluding carboxylic acids is 1. The minimum atomic E-state index is -0.109. The first-order valence-electron chi connectivity index (χ1n) is 6.20. The number of amidine groups is 1. The molecule has 102 valence electrons. The van der Waals surface area contributed by atoms with Crippen LogP contribution in [0.15, 0.2) is 24.3 Å². The summed E-state index contributed by atoms with van der Waals surface area (Å²) < 4.78 is 5.20. The molecule has 6 nitrogen and oxygen atoms in total. The Morgan fingerprint density at radius 2 is 1.95 bits per heavy atom. The molecule has 1 aromatic carbocycles. The summed E-state index contributed by atoms with van der Waals surface area (Å²) in [5, 5.41) is 10.1. The van der Waals surface area contributed by atoms with Gasteiger partial charge in [0.25, 0.3) is 0 Å². The number of benzene rings is 1. The summed E-state index contributed by atoms with van der Waals surface area (Å²) in [6.07, 6.45) is 0.428. The second kappa shape index (κ2) is 6.19. The van der Waals surface area contributed by atoms with Crippen LogP contribution in [0.1, 0.15) is 5.56 Å². The molecule has 2 amide bonds. The third-order valence-corrected chi connectivity index (χ3v) is 2.90. The molecule has 0 unspecified atom stereocenters. The Morgan fingerprint density at radius 1 is 1.32 bits per heavy atom. The summed E-state index contributed by atoms with van der Waals surface area (Å²) in [5.41, 5.74) is 7.03. The van der Waals surface area contributed by atoms with Gasteiger partial charge in [0.05, 0.1) is 19.0 Å². The highest BCUT2D eigenvalue weighted by Gasteiger charge is 2.16. The third-order valence-electron chi connectivity index (χ3n) is 2.90. The summed E-state index contributed by atoms with van der Waals surface area (Å²) in [7, 11) is 0. The van der Waals surface area contributed by atoms with Gasteiger partial charge in [0.15, 0.2) is 0 Å². The molecule has 2 rings (SSSR count). The summed E-state index contributed by atoms with van der Waals surface area (Å²) in [4.78, 5) is 13.7. The molecule has 0 saturated carbocycles. The highest BCUT2D eigenvalue weighted by Crippen LogP contribution is 2.11. The molecule has 1 fully saturated rings. The smallest absolute Gasteiger partial charge is 0.321 e. The average molecular weight is 262 g/mol. The highest BCUT2D eigenvalue weighted by atomic mass is 16.5. The molecule has 1 aliphatic heterocycles. The maximum Gasteiger partial charge on any atom is 0.321 e. The topological polar surface area (TPSA) is 91.4 Å². The zero-order valence-electron chi connectivity index (χ0n) is 10.7. The molecule has 0 aliphatic carbocycles. The molecule has 0 spiro atoms. The Bertz CT molecular complexity index is 452. The van der Waals surface area contributed by atoms with Gasteiger partial charge in [0.1, 0.15) is 0 Å². The van der Waals surface area contributed by atoms with E-state index >= 15 is 0 Å². The van der Waals surface area contributed by atoms with Crippen molar-refractivity contribution in [2.24, 2.45) is 5.73 Å². The van der Waals surface area contributed by atoms with Crippen molar-refractivity contribution in [1.29, 1.82) is 5.41 Å².